The molecule has 1 aliphatic heterocycles. The van der Waals surface area contributed by atoms with E-state index in [2.05, 4.69) is 10.1 Å². The largest absolute Gasteiger partial charge is 0.454 e. The summed E-state index contributed by atoms with van der Waals surface area (Å²) in [6.45, 7) is 2.93. The highest BCUT2D eigenvalue weighted by Crippen LogP contribution is 2.35. The normalized spacial score (nSPS) is 12.7. The van der Waals surface area contributed by atoms with Gasteiger partial charge in [0.25, 0.3) is 5.91 Å². The smallest absolute Gasteiger partial charge is 0.416 e. The molecule has 0 aliphatic carbocycles. The number of carbonyl (C=O) groups excluding carboxylic acids is 1. The Kier molecular flexibility index (Phi) is 6.52. The Hall–Kier alpha value is -3.56. The molecule has 0 bridgehead atoms. The van der Waals surface area contributed by atoms with E-state index in [0.29, 0.717) is 48.3 Å². The molecule has 2 heterocycles. The minimum absolute atomic E-state index is 0.164. The lowest BCUT2D eigenvalue weighted by atomic mass is 10.1. The monoisotopic (exact) mass is 461 g/mol. The predicted octanol–water partition coefficient (Wildman–Crippen LogP) is 4.97. The van der Waals surface area contributed by atoms with E-state index in [9.17, 15) is 18.0 Å². The molecule has 0 saturated carbocycles. The van der Waals surface area contributed by atoms with Crippen molar-refractivity contribution in [3.8, 4) is 22.9 Å². The van der Waals surface area contributed by atoms with Crippen molar-refractivity contribution in [2.75, 3.05) is 19.9 Å². The maximum atomic E-state index is 12.9. The third-order valence-corrected chi connectivity index (χ3v) is 5.22. The van der Waals surface area contributed by atoms with E-state index in [1.807, 2.05) is 6.92 Å². The van der Waals surface area contributed by atoms with Crippen LogP contribution in [0.1, 0.15) is 41.6 Å². The van der Waals surface area contributed by atoms with Crippen LogP contribution in [-0.2, 0) is 12.6 Å². The highest BCUT2D eigenvalue weighted by atomic mass is 19.4. The standard InChI is InChI=1S/C23H22F3N3O4/c1-2-3-11-29(22(30)15-4-7-17(8-5-15)23(24,25)26)12-10-20-27-21(28-33-20)16-6-9-18-19(13-16)32-14-31-18/h4-9,13H,2-3,10-12,14H2,1H3. The fourth-order valence-electron chi connectivity index (χ4n) is 3.39. The van der Waals surface area contributed by atoms with Crippen LogP contribution in [0.2, 0.25) is 0 Å². The second-order valence-electron chi connectivity index (χ2n) is 7.55. The van der Waals surface area contributed by atoms with E-state index in [1.165, 1.54) is 12.1 Å². The van der Waals surface area contributed by atoms with Gasteiger partial charge in [0.15, 0.2) is 11.5 Å². The van der Waals surface area contributed by atoms with Gasteiger partial charge in [-0.05, 0) is 48.9 Å². The van der Waals surface area contributed by atoms with E-state index < -0.39 is 11.7 Å². The molecule has 2 aromatic carbocycles. The molecule has 0 saturated heterocycles. The molecule has 0 N–H and O–H groups in total. The first-order valence-electron chi connectivity index (χ1n) is 10.5. The summed E-state index contributed by atoms with van der Waals surface area (Å²) < 4.78 is 54.4. The van der Waals surface area contributed by atoms with Gasteiger partial charge in [0, 0.05) is 30.6 Å². The van der Waals surface area contributed by atoms with E-state index in [4.69, 9.17) is 14.0 Å². The van der Waals surface area contributed by atoms with Crippen LogP contribution in [0.3, 0.4) is 0 Å². The highest BCUT2D eigenvalue weighted by Gasteiger charge is 2.30. The molecule has 33 heavy (non-hydrogen) atoms. The molecule has 1 aromatic heterocycles. The molecule has 4 rings (SSSR count). The Morgan fingerprint density at radius 3 is 2.55 bits per heavy atom. The average Bonchev–Trinajstić information content (AvgIpc) is 3.47. The van der Waals surface area contributed by atoms with Gasteiger partial charge in [0.1, 0.15) is 0 Å². The first-order valence-corrected chi connectivity index (χ1v) is 10.5. The third kappa shape index (κ3) is 5.27. The first kappa shape index (κ1) is 22.6. The summed E-state index contributed by atoms with van der Waals surface area (Å²) >= 11 is 0. The molecule has 3 aromatic rings. The van der Waals surface area contributed by atoms with Crippen molar-refractivity contribution in [3.63, 3.8) is 0 Å². The minimum atomic E-state index is -4.45. The summed E-state index contributed by atoms with van der Waals surface area (Å²) in [5.74, 6) is 1.65. The molecule has 0 atom stereocenters. The zero-order valence-electron chi connectivity index (χ0n) is 17.9. The van der Waals surface area contributed by atoms with Gasteiger partial charge in [-0.3, -0.25) is 4.79 Å². The molecule has 1 amide bonds. The SMILES string of the molecule is CCCCN(CCc1nc(-c2ccc3c(c2)OCO3)no1)C(=O)c1ccc(C(F)(F)F)cc1. The number of carbonyl (C=O) groups is 1. The number of hydrogen-bond donors (Lipinski definition) is 0. The van der Waals surface area contributed by atoms with Crippen LogP contribution in [0.4, 0.5) is 13.2 Å². The topological polar surface area (TPSA) is 77.7 Å². The van der Waals surface area contributed by atoms with Gasteiger partial charge in [-0.1, -0.05) is 18.5 Å². The van der Waals surface area contributed by atoms with Crippen LogP contribution in [0.25, 0.3) is 11.4 Å². The second kappa shape index (κ2) is 9.51. The first-order chi connectivity index (χ1) is 15.8. The summed E-state index contributed by atoms with van der Waals surface area (Å²) in [4.78, 5) is 18.9. The number of aromatic nitrogens is 2. The summed E-state index contributed by atoms with van der Waals surface area (Å²) in [7, 11) is 0. The molecule has 0 fully saturated rings. The van der Waals surface area contributed by atoms with Gasteiger partial charge in [0.2, 0.25) is 18.5 Å². The zero-order valence-corrected chi connectivity index (χ0v) is 17.9. The Bertz CT molecular complexity index is 1110. The molecule has 7 nitrogen and oxygen atoms in total. The van der Waals surface area contributed by atoms with Crippen LogP contribution >= 0.6 is 0 Å². The van der Waals surface area contributed by atoms with Crippen molar-refractivity contribution >= 4 is 5.91 Å². The summed E-state index contributed by atoms with van der Waals surface area (Å²) in [5, 5.41) is 4.00. The highest BCUT2D eigenvalue weighted by molar-refractivity contribution is 5.94. The van der Waals surface area contributed by atoms with Crippen molar-refractivity contribution in [1.82, 2.24) is 15.0 Å². The van der Waals surface area contributed by atoms with Crippen molar-refractivity contribution in [3.05, 3.63) is 59.5 Å². The number of unbranched alkanes of at least 4 members (excludes halogenated alkanes) is 1. The Morgan fingerprint density at radius 1 is 1.06 bits per heavy atom. The number of halogens is 3. The van der Waals surface area contributed by atoms with E-state index in [0.717, 1.165) is 25.0 Å². The van der Waals surface area contributed by atoms with Gasteiger partial charge in [0.05, 0.1) is 5.56 Å². The lowest BCUT2D eigenvalue weighted by molar-refractivity contribution is -0.137. The van der Waals surface area contributed by atoms with Crippen LogP contribution in [0.15, 0.2) is 47.0 Å². The van der Waals surface area contributed by atoms with Crippen LogP contribution < -0.4 is 9.47 Å². The van der Waals surface area contributed by atoms with Gasteiger partial charge in [-0.2, -0.15) is 18.2 Å². The van der Waals surface area contributed by atoms with Gasteiger partial charge >= 0.3 is 6.18 Å². The average molecular weight is 461 g/mol. The van der Waals surface area contributed by atoms with E-state index in [-0.39, 0.29) is 18.3 Å². The van der Waals surface area contributed by atoms with Crippen LogP contribution in [-0.4, -0.2) is 40.8 Å². The van der Waals surface area contributed by atoms with E-state index >= 15 is 0 Å². The molecule has 10 heteroatoms. The lowest BCUT2D eigenvalue weighted by Crippen LogP contribution is -2.34. The Labute approximate surface area is 188 Å². The number of ether oxygens (including phenoxy) is 2. The van der Waals surface area contributed by atoms with Gasteiger partial charge in [-0.15, -0.1) is 0 Å². The number of amides is 1. The van der Waals surface area contributed by atoms with Gasteiger partial charge in [-0.25, -0.2) is 0 Å². The lowest BCUT2D eigenvalue weighted by Gasteiger charge is -2.22. The summed E-state index contributed by atoms with van der Waals surface area (Å²) in [5.41, 5.74) is 0.115. The number of alkyl halides is 3. The number of rotatable bonds is 8. The molecule has 1 aliphatic rings. The summed E-state index contributed by atoms with van der Waals surface area (Å²) in [6, 6.07) is 9.57. The number of fused-ring (bicyclic) bond motifs is 1. The van der Waals surface area contributed by atoms with Crippen molar-refractivity contribution < 1.29 is 32.0 Å². The fourth-order valence-corrected chi connectivity index (χ4v) is 3.39. The van der Waals surface area contributed by atoms with Crippen molar-refractivity contribution in [2.45, 2.75) is 32.4 Å². The molecule has 0 spiro atoms. The minimum Gasteiger partial charge on any atom is -0.454 e. The summed E-state index contributed by atoms with van der Waals surface area (Å²) in [6.07, 6.45) is -2.50. The molecule has 0 radical (unpaired) electrons. The number of benzene rings is 2. The maximum absolute atomic E-state index is 12.9. The predicted molar refractivity (Wildman–Crippen MR) is 112 cm³/mol. The molecular formula is C23H22F3N3O4. The van der Waals surface area contributed by atoms with Crippen LogP contribution in [0, 0.1) is 0 Å². The van der Waals surface area contributed by atoms with Crippen molar-refractivity contribution in [1.29, 1.82) is 0 Å². The van der Waals surface area contributed by atoms with Crippen molar-refractivity contribution in [2.24, 2.45) is 0 Å². The number of nitrogens with zero attached hydrogens (tertiary/aromatic N) is 3. The van der Waals surface area contributed by atoms with E-state index in [1.54, 1.807) is 23.1 Å². The quantitative estimate of drug-likeness (QED) is 0.472. The van der Waals surface area contributed by atoms with Gasteiger partial charge < -0.3 is 18.9 Å². The Morgan fingerprint density at radius 2 is 1.82 bits per heavy atom. The molecule has 0 unspecified atom stereocenters. The fraction of sp³-hybridized carbons (Fsp3) is 0.348. The number of hydrogen-bond acceptors (Lipinski definition) is 6. The Balaban J connectivity index is 1.43. The van der Waals surface area contributed by atoms with Crippen LogP contribution in [0.5, 0.6) is 11.5 Å². The zero-order chi connectivity index (χ0) is 23.4. The second-order valence-corrected chi connectivity index (χ2v) is 7.55. The maximum Gasteiger partial charge on any atom is 0.416 e. The molecule has 174 valence electrons. The molecular weight excluding hydrogens is 439 g/mol. The third-order valence-electron chi connectivity index (χ3n) is 5.22.